The smallest absolute Gasteiger partial charge is 0.124 e. The average molecular weight is 225 g/mol. The predicted octanol–water partition coefficient (Wildman–Crippen LogP) is 3.48. The molecule has 0 fully saturated rings. The first-order chi connectivity index (χ1) is 8.28. The molecule has 0 amide bonds. The maximum atomic E-state index is 10.4. The van der Waals surface area contributed by atoms with Gasteiger partial charge in [0.2, 0.25) is 0 Å². The van der Waals surface area contributed by atoms with Crippen LogP contribution in [0.3, 0.4) is 0 Å². The van der Waals surface area contributed by atoms with Gasteiger partial charge in [-0.1, -0.05) is 29.8 Å². The van der Waals surface area contributed by atoms with Gasteiger partial charge in [0.25, 0.3) is 0 Å². The number of rotatable bonds is 4. The van der Waals surface area contributed by atoms with Gasteiger partial charge < -0.3 is 10.1 Å². The highest BCUT2D eigenvalue weighted by Crippen LogP contribution is 2.17. The van der Waals surface area contributed by atoms with Crippen LogP contribution in [0.2, 0.25) is 0 Å². The van der Waals surface area contributed by atoms with Crippen molar-refractivity contribution in [2.75, 3.05) is 5.32 Å². The molecule has 0 radical (unpaired) electrons. The van der Waals surface area contributed by atoms with Gasteiger partial charge in [-0.3, -0.25) is 0 Å². The summed E-state index contributed by atoms with van der Waals surface area (Å²) >= 11 is 0. The lowest BCUT2D eigenvalue weighted by molar-refractivity contribution is -0.107. The lowest BCUT2D eigenvalue weighted by atomic mass is 10.1. The van der Waals surface area contributed by atoms with E-state index >= 15 is 0 Å². The van der Waals surface area contributed by atoms with Crippen molar-refractivity contribution in [2.45, 2.75) is 13.3 Å². The van der Waals surface area contributed by atoms with Gasteiger partial charge in [-0.15, -0.1) is 0 Å². The minimum Gasteiger partial charge on any atom is -0.356 e. The molecule has 0 spiro atoms. The largest absolute Gasteiger partial charge is 0.356 e. The zero-order chi connectivity index (χ0) is 12.1. The minimum atomic E-state index is 0.477. The van der Waals surface area contributed by atoms with Gasteiger partial charge in [0.1, 0.15) is 6.29 Å². The van der Waals surface area contributed by atoms with Gasteiger partial charge in [-0.25, -0.2) is 0 Å². The van der Waals surface area contributed by atoms with Crippen molar-refractivity contribution in [3.8, 4) is 0 Å². The van der Waals surface area contributed by atoms with Crippen LogP contribution in [0.4, 0.5) is 11.4 Å². The first-order valence-electron chi connectivity index (χ1n) is 5.64. The Bertz CT molecular complexity index is 485. The van der Waals surface area contributed by atoms with Crippen LogP contribution >= 0.6 is 0 Å². The molecule has 2 rings (SSSR count). The summed E-state index contributed by atoms with van der Waals surface area (Å²) in [6.45, 7) is 2.07. The number of hydrogen-bond donors (Lipinski definition) is 1. The highest BCUT2D eigenvalue weighted by atomic mass is 16.1. The maximum absolute atomic E-state index is 10.4. The number of carbonyl (C=O) groups excluding carboxylic acids is 1. The summed E-state index contributed by atoms with van der Waals surface area (Å²) in [7, 11) is 0. The van der Waals surface area contributed by atoms with E-state index in [1.165, 1.54) is 5.56 Å². The SMILES string of the molecule is Cc1ccc(Nc2ccc(CC=O)cc2)cc1. The van der Waals surface area contributed by atoms with Crippen LogP contribution in [0.25, 0.3) is 0 Å². The minimum absolute atomic E-state index is 0.477. The Hall–Kier alpha value is -2.09. The summed E-state index contributed by atoms with van der Waals surface area (Å²) in [4.78, 5) is 10.4. The molecule has 0 aromatic heterocycles. The fourth-order valence-corrected chi connectivity index (χ4v) is 1.62. The van der Waals surface area contributed by atoms with E-state index < -0.39 is 0 Å². The maximum Gasteiger partial charge on any atom is 0.124 e. The van der Waals surface area contributed by atoms with Gasteiger partial charge in [0, 0.05) is 17.8 Å². The van der Waals surface area contributed by atoms with Gasteiger partial charge in [0.15, 0.2) is 0 Å². The summed E-state index contributed by atoms with van der Waals surface area (Å²) in [6, 6.07) is 16.1. The summed E-state index contributed by atoms with van der Waals surface area (Å²) in [6.07, 6.45) is 1.40. The monoisotopic (exact) mass is 225 g/mol. The van der Waals surface area contributed by atoms with E-state index in [2.05, 4.69) is 36.5 Å². The molecule has 0 aliphatic carbocycles. The number of nitrogens with one attached hydrogen (secondary N) is 1. The van der Waals surface area contributed by atoms with Gasteiger partial charge in [0.05, 0.1) is 0 Å². The predicted molar refractivity (Wildman–Crippen MR) is 70.7 cm³/mol. The molecule has 1 N–H and O–H groups in total. The molecule has 0 heterocycles. The summed E-state index contributed by atoms with van der Waals surface area (Å²) in [5, 5.41) is 3.31. The Morgan fingerprint density at radius 3 is 2.00 bits per heavy atom. The Morgan fingerprint density at radius 1 is 0.941 bits per heavy atom. The second-order valence-electron chi connectivity index (χ2n) is 4.06. The first-order valence-corrected chi connectivity index (χ1v) is 5.64. The molecule has 0 bridgehead atoms. The van der Waals surface area contributed by atoms with E-state index in [4.69, 9.17) is 0 Å². The number of carbonyl (C=O) groups is 1. The molecule has 86 valence electrons. The van der Waals surface area contributed by atoms with Crippen molar-refractivity contribution < 1.29 is 4.79 Å². The summed E-state index contributed by atoms with van der Waals surface area (Å²) in [5.74, 6) is 0. The fraction of sp³-hybridized carbons (Fsp3) is 0.133. The Kier molecular flexibility index (Phi) is 3.55. The summed E-state index contributed by atoms with van der Waals surface area (Å²) < 4.78 is 0. The fourth-order valence-electron chi connectivity index (χ4n) is 1.62. The molecule has 2 aromatic carbocycles. The molecule has 0 atom stereocenters. The Morgan fingerprint density at radius 2 is 1.47 bits per heavy atom. The standard InChI is InChI=1S/C15H15NO/c1-12-2-6-14(7-3-12)16-15-8-4-13(5-9-15)10-11-17/h2-9,11,16H,10H2,1H3. The molecular weight excluding hydrogens is 210 g/mol. The normalized spacial score (nSPS) is 9.94. The van der Waals surface area contributed by atoms with Crippen LogP contribution in [-0.2, 0) is 11.2 Å². The molecule has 0 aliphatic heterocycles. The lowest BCUT2D eigenvalue weighted by Crippen LogP contribution is -1.91. The Balaban J connectivity index is 2.08. The van der Waals surface area contributed by atoms with Crippen molar-refractivity contribution in [3.63, 3.8) is 0 Å². The molecule has 2 heteroatoms. The molecule has 0 aliphatic rings. The van der Waals surface area contributed by atoms with Crippen molar-refractivity contribution in [1.82, 2.24) is 0 Å². The first kappa shape index (κ1) is 11.4. The lowest BCUT2D eigenvalue weighted by Gasteiger charge is -2.07. The van der Waals surface area contributed by atoms with Gasteiger partial charge in [-0.05, 0) is 36.8 Å². The third kappa shape index (κ3) is 3.18. The van der Waals surface area contributed by atoms with E-state index in [0.717, 1.165) is 23.2 Å². The molecule has 0 saturated carbocycles. The van der Waals surface area contributed by atoms with Crippen LogP contribution in [0.5, 0.6) is 0 Å². The second kappa shape index (κ2) is 5.30. The van der Waals surface area contributed by atoms with Crippen molar-refractivity contribution >= 4 is 17.7 Å². The van der Waals surface area contributed by atoms with Crippen molar-refractivity contribution in [3.05, 3.63) is 59.7 Å². The molecular formula is C15H15NO. The molecule has 17 heavy (non-hydrogen) atoms. The Labute approximate surface area is 101 Å². The topological polar surface area (TPSA) is 29.1 Å². The van der Waals surface area contributed by atoms with Crippen molar-refractivity contribution in [2.24, 2.45) is 0 Å². The van der Waals surface area contributed by atoms with Crippen LogP contribution in [0, 0.1) is 6.92 Å². The summed E-state index contributed by atoms with van der Waals surface area (Å²) in [5.41, 5.74) is 4.38. The van der Waals surface area contributed by atoms with E-state index in [0.29, 0.717) is 6.42 Å². The molecule has 2 nitrogen and oxygen atoms in total. The molecule has 0 saturated heterocycles. The quantitative estimate of drug-likeness (QED) is 0.807. The zero-order valence-electron chi connectivity index (χ0n) is 9.81. The number of benzene rings is 2. The zero-order valence-corrected chi connectivity index (χ0v) is 9.81. The van der Waals surface area contributed by atoms with E-state index in [-0.39, 0.29) is 0 Å². The van der Waals surface area contributed by atoms with E-state index in [9.17, 15) is 4.79 Å². The molecule has 0 unspecified atom stereocenters. The number of anilines is 2. The van der Waals surface area contributed by atoms with E-state index in [1.54, 1.807) is 0 Å². The number of aryl methyl sites for hydroxylation is 1. The number of aldehydes is 1. The second-order valence-corrected chi connectivity index (χ2v) is 4.06. The van der Waals surface area contributed by atoms with E-state index in [1.807, 2.05) is 24.3 Å². The van der Waals surface area contributed by atoms with Crippen LogP contribution in [0.1, 0.15) is 11.1 Å². The van der Waals surface area contributed by atoms with Crippen LogP contribution in [-0.4, -0.2) is 6.29 Å². The third-order valence-corrected chi connectivity index (χ3v) is 2.61. The average Bonchev–Trinajstić information content (AvgIpc) is 2.35. The van der Waals surface area contributed by atoms with Crippen LogP contribution in [0.15, 0.2) is 48.5 Å². The van der Waals surface area contributed by atoms with Gasteiger partial charge in [-0.2, -0.15) is 0 Å². The van der Waals surface area contributed by atoms with Gasteiger partial charge >= 0.3 is 0 Å². The van der Waals surface area contributed by atoms with Crippen molar-refractivity contribution in [1.29, 1.82) is 0 Å². The molecule has 2 aromatic rings. The van der Waals surface area contributed by atoms with Crippen LogP contribution < -0.4 is 5.32 Å². The third-order valence-electron chi connectivity index (χ3n) is 2.61. The number of hydrogen-bond acceptors (Lipinski definition) is 2. The highest BCUT2D eigenvalue weighted by Gasteiger charge is 1.95. The highest BCUT2D eigenvalue weighted by molar-refractivity contribution is 5.61.